The Labute approximate surface area is 106 Å². The lowest BCUT2D eigenvalue weighted by molar-refractivity contribution is 0.483. The lowest BCUT2D eigenvalue weighted by Gasteiger charge is -2.16. The highest BCUT2D eigenvalue weighted by Crippen LogP contribution is 2.31. The van der Waals surface area contributed by atoms with Gasteiger partial charge in [-0.05, 0) is 24.3 Å². The summed E-state index contributed by atoms with van der Waals surface area (Å²) in [5, 5.41) is 1.45. The zero-order valence-corrected chi connectivity index (χ0v) is 10.9. The number of nitrogens with zero attached hydrogens (tertiary/aromatic N) is 1. The van der Waals surface area contributed by atoms with Gasteiger partial charge in [-0.2, -0.15) is 8.42 Å². The van der Waals surface area contributed by atoms with Crippen LogP contribution in [0.3, 0.4) is 0 Å². The molecule has 0 aliphatic rings. The molecule has 3 N–H and O–H groups in total. The molecule has 0 spiro atoms. The third-order valence-corrected chi connectivity index (χ3v) is 3.63. The molecule has 0 amide bonds. The summed E-state index contributed by atoms with van der Waals surface area (Å²) in [7, 11) is -0.504. The molecule has 5 nitrogen and oxygen atoms in total. The van der Waals surface area contributed by atoms with Crippen LogP contribution < -0.4 is 10.6 Å². The summed E-state index contributed by atoms with van der Waals surface area (Å²) in [6.45, 7) is 0. The Balaban J connectivity index is 2.86. The van der Waals surface area contributed by atoms with E-state index in [1.807, 2.05) is 25.1 Å². The molecule has 2 rings (SSSR count). The van der Waals surface area contributed by atoms with Gasteiger partial charge < -0.3 is 10.6 Å². The fraction of sp³-hybridized carbons (Fsp3) is 0.167. The summed E-state index contributed by atoms with van der Waals surface area (Å²) in [5.74, 6) is 0. The van der Waals surface area contributed by atoms with Crippen molar-refractivity contribution in [2.75, 3.05) is 24.7 Å². The number of anilines is 2. The maximum atomic E-state index is 11.2. The Hall–Kier alpha value is -1.79. The normalized spacial score (nSPS) is 11.7. The molecule has 0 aromatic heterocycles. The van der Waals surface area contributed by atoms with E-state index in [1.165, 1.54) is 12.1 Å². The van der Waals surface area contributed by atoms with Crippen molar-refractivity contribution in [1.82, 2.24) is 0 Å². The highest BCUT2D eigenvalue weighted by Gasteiger charge is 2.13. The molecule has 0 unspecified atom stereocenters. The van der Waals surface area contributed by atoms with E-state index in [9.17, 15) is 8.42 Å². The summed E-state index contributed by atoms with van der Waals surface area (Å²) in [6.07, 6.45) is 0. The number of hydrogen-bond acceptors (Lipinski definition) is 4. The van der Waals surface area contributed by atoms with Crippen molar-refractivity contribution >= 4 is 32.3 Å². The van der Waals surface area contributed by atoms with Gasteiger partial charge in [0.1, 0.15) is 0 Å². The molecule has 0 aliphatic heterocycles. The smallest absolute Gasteiger partial charge is 0.294 e. The number of nitrogens with two attached hydrogens (primary N) is 1. The van der Waals surface area contributed by atoms with Crippen molar-refractivity contribution in [3.63, 3.8) is 0 Å². The van der Waals surface area contributed by atoms with E-state index in [-0.39, 0.29) is 4.90 Å². The molecule has 2 aromatic carbocycles. The number of hydrogen-bond donors (Lipinski definition) is 2. The minimum atomic E-state index is -4.21. The van der Waals surface area contributed by atoms with Crippen LogP contribution in [0.4, 0.5) is 11.4 Å². The predicted molar refractivity (Wildman–Crippen MR) is 72.5 cm³/mol. The van der Waals surface area contributed by atoms with Gasteiger partial charge in [0.05, 0.1) is 4.90 Å². The Morgan fingerprint density at radius 1 is 1.11 bits per heavy atom. The highest BCUT2D eigenvalue weighted by atomic mass is 32.2. The molecule has 6 heteroatoms. The Morgan fingerprint density at radius 3 is 2.33 bits per heavy atom. The maximum Gasteiger partial charge on any atom is 0.294 e. The van der Waals surface area contributed by atoms with E-state index >= 15 is 0 Å². The Morgan fingerprint density at radius 2 is 1.78 bits per heavy atom. The monoisotopic (exact) mass is 266 g/mol. The number of fused-ring (bicyclic) bond motifs is 1. The van der Waals surface area contributed by atoms with Crippen molar-refractivity contribution in [2.24, 2.45) is 0 Å². The van der Waals surface area contributed by atoms with Gasteiger partial charge in [0, 0.05) is 36.2 Å². The van der Waals surface area contributed by atoms with Gasteiger partial charge >= 0.3 is 0 Å². The van der Waals surface area contributed by atoms with E-state index in [0.717, 1.165) is 11.1 Å². The minimum Gasteiger partial charge on any atom is -0.398 e. The van der Waals surface area contributed by atoms with E-state index in [0.29, 0.717) is 11.1 Å². The minimum absolute atomic E-state index is 0.135. The lowest BCUT2D eigenvalue weighted by Crippen LogP contribution is -2.09. The van der Waals surface area contributed by atoms with Crippen LogP contribution >= 0.6 is 0 Å². The van der Waals surface area contributed by atoms with Gasteiger partial charge in [0.15, 0.2) is 0 Å². The van der Waals surface area contributed by atoms with Crippen LogP contribution in [0.25, 0.3) is 10.8 Å². The van der Waals surface area contributed by atoms with E-state index in [4.69, 9.17) is 10.3 Å². The first-order chi connectivity index (χ1) is 8.30. The zero-order valence-electron chi connectivity index (χ0n) is 10.1. The third-order valence-electron chi connectivity index (χ3n) is 2.78. The second kappa shape index (κ2) is 4.15. The van der Waals surface area contributed by atoms with Crippen LogP contribution in [-0.2, 0) is 10.1 Å². The average molecular weight is 266 g/mol. The number of rotatable bonds is 2. The van der Waals surface area contributed by atoms with E-state index in [1.54, 1.807) is 12.1 Å². The first kappa shape index (κ1) is 12.7. The summed E-state index contributed by atoms with van der Waals surface area (Å²) < 4.78 is 31.4. The maximum absolute atomic E-state index is 11.2. The van der Waals surface area contributed by atoms with Crippen LogP contribution in [0.2, 0.25) is 0 Å². The summed E-state index contributed by atoms with van der Waals surface area (Å²) in [6, 6.07) is 7.95. The van der Waals surface area contributed by atoms with Crippen LogP contribution in [0.1, 0.15) is 0 Å². The van der Waals surface area contributed by atoms with Crippen molar-refractivity contribution in [2.45, 2.75) is 4.90 Å². The molecule has 0 heterocycles. The lowest BCUT2D eigenvalue weighted by atomic mass is 10.1. The van der Waals surface area contributed by atoms with Crippen LogP contribution in [0, 0.1) is 0 Å². The third kappa shape index (κ3) is 2.12. The largest absolute Gasteiger partial charge is 0.398 e. The molecule has 0 bridgehead atoms. The molecular formula is C12H14N2O3S. The van der Waals surface area contributed by atoms with Gasteiger partial charge in [0.2, 0.25) is 0 Å². The molecule has 0 fully saturated rings. The fourth-order valence-electron chi connectivity index (χ4n) is 1.89. The van der Waals surface area contributed by atoms with Crippen molar-refractivity contribution in [3.8, 4) is 0 Å². The molecule has 0 saturated carbocycles. The van der Waals surface area contributed by atoms with Crippen molar-refractivity contribution in [1.29, 1.82) is 0 Å². The van der Waals surface area contributed by atoms with Gasteiger partial charge in [-0.1, -0.05) is 6.07 Å². The zero-order chi connectivity index (χ0) is 13.5. The molecule has 0 atom stereocenters. The first-order valence-corrected chi connectivity index (χ1v) is 6.72. The van der Waals surface area contributed by atoms with E-state index in [2.05, 4.69) is 0 Å². The van der Waals surface area contributed by atoms with Gasteiger partial charge in [-0.15, -0.1) is 0 Å². The highest BCUT2D eigenvalue weighted by molar-refractivity contribution is 7.85. The SMILES string of the molecule is CN(C)c1ccc(N)c2ccc(S(=O)(=O)O)cc12. The molecule has 0 radical (unpaired) electrons. The molecule has 2 aromatic rings. The van der Waals surface area contributed by atoms with Gasteiger partial charge in [-0.3, -0.25) is 4.55 Å². The summed E-state index contributed by atoms with van der Waals surface area (Å²) in [4.78, 5) is 1.72. The quantitative estimate of drug-likeness (QED) is 0.639. The molecular weight excluding hydrogens is 252 g/mol. The molecule has 18 heavy (non-hydrogen) atoms. The number of nitrogen functional groups attached to an aromatic ring is 1. The standard InChI is InChI=1S/C12H14N2O3S/c1-14(2)12-6-5-11(13)9-4-3-8(7-10(9)12)18(15,16)17/h3-7H,13H2,1-2H3,(H,15,16,17). The second-order valence-electron chi connectivity index (χ2n) is 4.25. The summed E-state index contributed by atoms with van der Waals surface area (Å²) in [5.41, 5.74) is 7.26. The first-order valence-electron chi connectivity index (χ1n) is 5.28. The fourth-order valence-corrected chi connectivity index (χ4v) is 2.39. The molecule has 96 valence electrons. The van der Waals surface area contributed by atoms with E-state index < -0.39 is 10.1 Å². The van der Waals surface area contributed by atoms with Crippen LogP contribution in [0.15, 0.2) is 35.2 Å². The van der Waals surface area contributed by atoms with Crippen LogP contribution in [0.5, 0.6) is 0 Å². The Bertz CT molecular complexity index is 709. The Kier molecular flexibility index (Phi) is 2.92. The molecule has 0 saturated heterocycles. The van der Waals surface area contributed by atoms with Crippen molar-refractivity contribution < 1.29 is 13.0 Å². The van der Waals surface area contributed by atoms with Crippen LogP contribution in [-0.4, -0.2) is 27.1 Å². The number of benzene rings is 2. The average Bonchev–Trinajstić information content (AvgIpc) is 2.27. The molecule has 0 aliphatic carbocycles. The predicted octanol–water partition coefficient (Wildman–Crippen LogP) is 1.73. The van der Waals surface area contributed by atoms with Gasteiger partial charge in [-0.25, -0.2) is 0 Å². The second-order valence-corrected chi connectivity index (χ2v) is 5.67. The summed E-state index contributed by atoms with van der Waals surface area (Å²) >= 11 is 0. The topological polar surface area (TPSA) is 83.6 Å². The van der Waals surface area contributed by atoms with Gasteiger partial charge in [0.25, 0.3) is 10.1 Å². The van der Waals surface area contributed by atoms with Crippen molar-refractivity contribution in [3.05, 3.63) is 30.3 Å².